The monoisotopic (exact) mass is 213 g/mol. The molecule has 0 aliphatic rings. The topological polar surface area (TPSA) is 26.0 Å². The van der Waals surface area contributed by atoms with E-state index in [1.165, 1.54) is 32.1 Å². The summed E-state index contributed by atoms with van der Waals surface area (Å²) in [5.41, 5.74) is 6.24. The number of nitrogens with two attached hydrogens (primary N) is 1. The summed E-state index contributed by atoms with van der Waals surface area (Å²) in [6.45, 7) is 12.6. The van der Waals surface area contributed by atoms with Gasteiger partial charge in [-0.25, -0.2) is 0 Å². The molecule has 0 aromatic heterocycles. The molecule has 0 rings (SSSR count). The molecule has 0 amide bonds. The van der Waals surface area contributed by atoms with Gasteiger partial charge in [-0.15, -0.1) is 0 Å². The third-order valence-electron chi connectivity index (χ3n) is 4.15. The molecule has 2 N–H and O–H groups in total. The predicted octanol–water partition coefficient (Wildman–Crippen LogP) is 4.21. The van der Waals surface area contributed by atoms with Crippen LogP contribution in [0.4, 0.5) is 0 Å². The Morgan fingerprint density at radius 3 is 2.13 bits per heavy atom. The minimum absolute atomic E-state index is 0.502. The average Bonchev–Trinajstić information content (AvgIpc) is 2.19. The smallest absolute Gasteiger partial charge is 0.00490 e. The molecule has 0 aromatic carbocycles. The minimum Gasteiger partial charge on any atom is -0.330 e. The molecule has 0 radical (unpaired) electrons. The second-order valence-electron chi connectivity index (χ2n) is 5.73. The molecule has 0 aliphatic heterocycles. The van der Waals surface area contributed by atoms with Gasteiger partial charge in [0.05, 0.1) is 0 Å². The van der Waals surface area contributed by atoms with Crippen molar-refractivity contribution < 1.29 is 0 Å². The second kappa shape index (κ2) is 7.27. The van der Waals surface area contributed by atoms with E-state index in [0.29, 0.717) is 5.41 Å². The van der Waals surface area contributed by atoms with Gasteiger partial charge in [0, 0.05) is 0 Å². The Labute approximate surface area is 96.8 Å². The van der Waals surface area contributed by atoms with E-state index in [1.807, 2.05) is 0 Å². The van der Waals surface area contributed by atoms with E-state index in [1.54, 1.807) is 0 Å². The van der Waals surface area contributed by atoms with Crippen molar-refractivity contribution in [2.24, 2.45) is 23.0 Å². The van der Waals surface area contributed by atoms with Crippen LogP contribution in [0.2, 0.25) is 0 Å². The molecule has 1 heteroatoms. The number of hydrogen-bond donors (Lipinski definition) is 1. The van der Waals surface area contributed by atoms with E-state index < -0.39 is 0 Å². The lowest BCUT2D eigenvalue weighted by Crippen LogP contribution is -2.23. The molecule has 0 fully saturated rings. The molecule has 0 bridgehead atoms. The van der Waals surface area contributed by atoms with Crippen LogP contribution >= 0.6 is 0 Å². The first kappa shape index (κ1) is 15.0. The lowest BCUT2D eigenvalue weighted by Gasteiger charge is -2.32. The van der Waals surface area contributed by atoms with Gasteiger partial charge in [-0.05, 0) is 43.1 Å². The van der Waals surface area contributed by atoms with Crippen molar-refractivity contribution in [3.8, 4) is 0 Å². The first-order chi connectivity index (χ1) is 6.97. The average molecular weight is 213 g/mol. The summed E-state index contributed by atoms with van der Waals surface area (Å²) in [4.78, 5) is 0. The molecule has 0 saturated heterocycles. The minimum atomic E-state index is 0.502. The number of rotatable bonds is 8. The summed E-state index contributed by atoms with van der Waals surface area (Å²) in [5.74, 6) is 1.56. The van der Waals surface area contributed by atoms with Crippen LogP contribution in [0.15, 0.2) is 0 Å². The zero-order chi connectivity index (χ0) is 11.9. The van der Waals surface area contributed by atoms with Gasteiger partial charge >= 0.3 is 0 Å². The Balaban J connectivity index is 3.95. The van der Waals surface area contributed by atoms with Gasteiger partial charge in [-0.2, -0.15) is 0 Å². The van der Waals surface area contributed by atoms with E-state index in [9.17, 15) is 0 Å². The molecule has 0 aliphatic carbocycles. The zero-order valence-corrected chi connectivity index (χ0v) is 11.5. The van der Waals surface area contributed by atoms with Crippen LogP contribution in [0.3, 0.4) is 0 Å². The van der Waals surface area contributed by atoms with Crippen molar-refractivity contribution in [2.45, 2.75) is 66.7 Å². The maximum Gasteiger partial charge on any atom is -0.00490 e. The third kappa shape index (κ3) is 5.55. The van der Waals surface area contributed by atoms with Crippen LogP contribution < -0.4 is 5.73 Å². The molecule has 2 unspecified atom stereocenters. The van der Waals surface area contributed by atoms with Crippen LogP contribution in [0, 0.1) is 17.3 Å². The largest absolute Gasteiger partial charge is 0.330 e. The lowest BCUT2D eigenvalue weighted by atomic mass is 9.73. The van der Waals surface area contributed by atoms with Crippen LogP contribution in [-0.4, -0.2) is 6.54 Å². The molecule has 0 spiro atoms. The summed E-state index contributed by atoms with van der Waals surface area (Å²) < 4.78 is 0. The van der Waals surface area contributed by atoms with Gasteiger partial charge in [0.2, 0.25) is 0 Å². The number of hydrogen-bond acceptors (Lipinski definition) is 1. The molecular formula is C14H31N. The Kier molecular flexibility index (Phi) is 7.25. The van der Waals surface area contributed by atoms with Gasteiger partial charge in [0.15, 0.2) is 0 Å². The van der Waals surface area contributed by atoms with E-state index in [0.717, 1.165) is 18.4 Å². The summed E-state index contributed by atoms with van der Waals surface area (Å²) in [7, 11) is 0. The highest BCUT2D eigenvalue weighted by Crippen LogP contribution is 2.35. The van der Waals surface area contributed by atoms with Gasteiger partial charge < -0.3 is 5.73 Å². The maximum atomic E-state index is 5.74. The molecule has 0 saturated carbocycles. The second-order valence-corrected chi connectivity index (χ2v) is 5.73. The summed E-state index contributed by atoms with van der Waals surface area (Å²) >= 11 is 0. The Bertz CT molecular complexity index is 147. The predicted molar refractivity (Wildman–Crippen MR) is 69.9 cm³/mol. The highest BCUT2D eigenvalue weighted by Gasteiger charge is 2.24. The normalized spacial score (nSPS) is 16.4. The highest BCUT2D eigenvalue weighted by atomic mass is 14.5. The fourth-order valence-corrected chi connectivity index (χ4v) is 2.26. The zero-order valence-electron chi connectivity index (χ0n) is 11.5. The van der Waals surface area contributed by atoms with Crippen molar-refractivity contribution in [2.75, 3.05) is 6.54 Å². The van der Waals surface area contributed by atoms with Crippen LogP contribution in [0.1, 0.15) is 66.7 Å². The van der Waals surface area contributed by atoms with Crippen molar-refractivity contribution in [1.29, 1.82) is 0 Å². The Hall–Kier alpha value is -0.0400. The Morgan fingerprint density at radius 2 is 1.73 bits per heavy atom. The third-order valence-corrected chi connectivity index (χ3v) is 4.15. The molecule has 1 nitrogen and oxygen atoms in total. The fourth-order valence-electron chi connectivity index (χ4n) is 2.26. The van der Waals surface area contributed by atoms with Crippen LogP contribution in [0.25, 0.3) is 0 Å². The highest BCUT2D eigenvalue weighted by molar-refractivity contribution is 4.75. The molecular weight excluding hydrogens is 182 g/mol. The molecule has 0 aromatic rings. The van der Waals surface area contributed by atoms with Crippen molar-refractivity contribution in [1.82, 2.24) is 0 Å². The lowest BCUT2D eigenvalue weighted by molar-refractivity contribution is 0.187. The summed E-state index contributed by atoms with van der Waals surface area (Å²) in [5, 5.41) is 0. The van der Waals surface area contributed by atoms with E-state index in [4.69, 9.17) is 5.73 Å². The van der Waals surface area contributed by atoms with Gasteiger partial charge in [0.1, 0.15) is 0 Å². The van der Waals surface area contributed by atoms with Gasteiger partial charge in [-0.1, -0.05) is 47.5 Å². The van der Waals surface area contributed by atoms with Crippen molar-refractivity contribution >= 4 is 0 Å². The van der Waals surface area contributed by atoms with Crippen LogP contribution in [-0.2, 0) is 0 Å². The summed E-state index contributed by atoms with van der Waals surface area (Å²) in [6, 6.07) is 0. The van der Waals surface area contributed by atoms with Gasteiger partial charge in [-0.3, -0.25) is 0 Å². The molecule has 0 heterocycles. The SMILES string of the molecule is CCCC(C)(C)C(C)CCC(CC)CN. The molecule has 92 valence electrons. The maximum absolute atomic E-state index is 5.74. The van der Waals surface area contributed by atoms with E-state index in [2.05, 4.69) is 34.6 Å². The van der Waals surface area contributed by atoms with E-state index in [-0.39, 0.29) is 0 Å². The first-order valence-electron chi connectivity index (χ1n) is 6.68. The van der Waals surface area contributed by atoms with Crippen LogP contribution in [0.5, 0.6) is 0 Å². The standard InChI is InChI=1S/C14H31N/c1-6-10-14(4,5)12(3)8-9-13(7-2)11-15/h12-13H,6-11,15H2,1-5H3. The fraction of sp³-hybridized carbons (Fsp3) is 1.00. The van der Waals surface area contributed by atoms with E-state index >= 15 is 0 Å². The molecule has 2 atom stereocenters. The first-order valence-corrected chi connectivity index (χ1v) is 6.68. The van der Waals surface area contributed by atoms with Crippen molar-refractivity contribution in [3.63, 3.8) is 0 Å². The summed E-state index contributed by atoms with van der Waals surface area (Å²) in [6.07, 6.45) is 6.51. The van der Waals surface area contributed by atoms with Gasteiger partial charge in [0.25, 0.3) is 0 Å². The molecule has 15 heavy (non-hydrogen) atoms. The quantitative estimate of drug-likeness (QED) is 0.642. The Morgan fingerprint density at radius 1 is 1.13 bits per heavy atom. The van der Waals surface area contributed by atoms with Crippen molar-refractivity contribution in [3.05, 3.63) is 0 Å².